The first-order chi connectivity index (χ1) is 4.25. The largest absolute Gasteiger partial charge is 0.396 e. The molecule has 2 nitrogen and oxygen atoms in total. The number of hydrogen-bond acceptors (Lipinski definition) is 2. The summed E-state index contributed by atoms with van der Waals surface area (Å²) >= 11 is 0. The van der Waals surface area contributed by atoms with E-state index in [-0.39, 0.29) is 12.6 Å². The van der Waals surface area contributed by atoms with Crippen LogP contribution in [0.3, 0.4) is 0 Å². The van der Waals surface area contributed by atoms with Crippen molar-refractivity contribution < 1.29 is 5.11 Å². The highest BCUT2D eigenvalue weighted by Gasteiger charge is 2.29. The molecule has 9 heavy (non-hydrogen) atoms. The maximum atomic E-state index is 8.83. The van der Waals surface area contributed by atoms with E-state index >= 15 is 0 Å². The second-order valence-electron chi connectivity index (χ2n) is 3.06. The second kappa shape index (κ2) is 2.67. The molecule has 1 fully saturated rings. The fourth-order valence-corrected chi connectivity index (χ4v) is 1.62. The molecule has 54 valence electrons. The summed E-state index contributed by atoms with van der Waals surface area (Å²) in [6.45, 7) is 2.43. The van der Waals surface area contributed by atoms with Crippen molar-refractivity contribution in [2.24, 2.45) is 17.6 Å². The first-order valence-corrected chi connectivity index (χ1v) is 3.62. The fraction of sp³-hybridized carbons (Fsp3) is 1.00. The zero-order chi connectivity index (χ0) is 6.85. The monoisotopic (exact) mass is 129 g/mol. The van der Waals surface area contributed by atoms with Crippen LogP contribution in [0.15, 0.2) is 0 Å². The van der Waals surface area contributed by atoms with Crippen molar-refractivity contribution in [2.75, 3.05) is 6.61 Å². The molecule has 0 amide bonds. The molecule has 1 aliphatic carbocycles. The Kier molecular flexibility index (Phi) is 2.09. The molecule has 0 aromatic carbocycles. The lowest BCUT2D eigenvalue weighted by Crippen LogP contribution is -2.29. The van der Waals surface area contributed by atoms with Crippen molar-refractivity contribution in [1.82, 2.24) is 0 Å². The summed E-state index contributed by atoms with van der Waals surface area (Å²) in [5, 5.41) is 8.83. The van der Waals surface area contributed by atoms with Crippen LogP contribution in [0.1, 0.15) is 19.8 Å². The molecule has 1 rings (SSSR count). The second-order valence-corrected chi connectivity index (χ2v) is 3.06. The third kappa shape index (κ3) is 1.25. The minimum atomic E-state index is 0.255. The smallest absolute Gasteiger partial charge is 0.0476 e. The highest BCUT2D eigenvalue weighted by Crippen LogP contribution is 2.29. The van der Waals surface area contributed by atoms with Crippen molar-refractivity contribution in [2.45, 2.75) is 25.8 Å². The van der Waals surface area contributed by atoms with E-state index in [1.54, 1.807) is 0 Å². The van der Waals surface area contributed by atoms with E-state index in [4.69, 9.17) is 10.8 Å². The summed E-state index contributed by atoms with van der Waals surface area (Å²) in [5.74, 6) is 0.995. The van der Waals surface area contributed by atoms with E-state index in [9.17, 15) is 0 Å². The van der Waals surface area contributed by atoms with Gasteiger partial charge in [0.05, 0.1) is 0 Å². The van der Waals surface area contributed by atoms with Crippen molar-refractivity contribution in [3.8, 4) is 0 Å². The van der Waals surface area contributed by atoms with Gasteiger partial charge < -0.3 is 10.8 Å². The highest BCUT2D eigenvalue weighted by molar-refractivity contribution is 4.84. The number of aliphatic hydroxyl groups excluding tert-OH is 1. The van der Waals surface area contributed by atoms with Gasteiger partial charge in [0, 0.05) is 12.6 Å². The Balaban J connectivity index is 2.44. The molecule has 1 saturated carbocycles. The number of hydrogen-bond donors (Lipinski definition) is 2. The van der Waals surface area contributed by atoms with Crippen LogP contribution in [0.5, 0.6) is 0 Å². The lowest BCUT2D eigenvalue weighted by atomic mass is 9.97. The average Bonchev–Trinajstić information content (AvgIpc) is 2.12. The van der Waals surface area contributed by atoms with Crippen molar-refractivity contribution in [3.63, 3.8) is 0 Å². The SMILES string of the molecule is C[C@@H]1CC[C@H](N)[C@H]1CO. The van der Waals surface area contributed by atoms with Gasteiger partial charge in [0.15, 0.2) is 0 Å². The molecule has 0 unspecified atom stereocenters. The Morgan fingerprint density at radius 1 is 1.56 bits per heavy atom. The van der Waals surface area contributed by atoms with Crippen LogP contribution in [-0.2, 0) is 0 Å². The van der Waals surface area contributed by atoms with Gasteiger partial charge in [0.25, 0.3) is 0 Å². The zero-order valence-corrected chi connectivity index (χ0v) is 5.88. The molecule has 0 aliphatic heterocycles. The van der Waals surface area contributed by atoms with Gasteiger partial charge in [0.1, 0.15) is 0 Å². The van der Waals surface area contributed by atoms with E-state index < -0.39 is 0 Å². The third-order valence-corrected chi connectivity index (χ3v) is 2.45. The van der Waals surface area contributed by atoms with Crippen LogP contribution in [0.25, 0.3) is 0 Å². The predicted molar refractivity (Wildman–Crippen MR) is 36.9 cm³/mol. The maximum absolute atomic E-state index is 8.83. The third-order valence-electron chi connectivity index (χ3n) is 2.45. The summed E-state index contributed by atoms with van der Waals surface area (Å²) in [6, 6.07) is 0.255. The fourth-order valence-electron chi connectivity index (χ4n) is 1.62. The molecular weight excluding hydrogens is 114 g/mol. The molecule has 0 aromatic rings. The molecule has 0 saturated heterocycles. The van der Waals surface area contributed by atoms with Gasteiger partial charge in [0.2, 0.25) is 0 Å². The molecule has 0 heterocycles. The van der Waals surface area contributed by atoms with E-state index in [1.807, 2.05) is 0 Å². The van der Waals surface area contributed by atoms with Gasteiger partial charge in [-0.25, -0.2) is 0 Å². The molecule has 0 bridgehead atoms. The van der Waals surface area contributed by atoms with E-state index in [0.717, 1.165) is 6.42 Å². The number of nitrogens with two attached hydrogens (primary N) is 1. The minimum absolute atomic E-state index is 0.255. The Morgan fingerprint density at radius 3 is 2.44 bits per heavy atom. The summed E-state index contributed by atoms with van der Waals surface area (Å²) in [4.78, 5) is 0. The average molecular weight is 129 g/mol. The summed E-state index contributed by atoms with van der Waals surface area (Å²) < 4.78 is 0. The van der Waals surface area contributed by atoms with E-state index in [0.29, 0.717) is 11.8 Å². The molecule has 2 heteroatoms. The Labute approximate surface area is 56.1 Å². The molecule has 0 spiro atoms. The van der Waals surface area contributed by atoms with Crippen LogP contribution < -0.4 is 5.73 Å². The minimum Gasteiger partial charge on any atom is -0.396 e. The summed E-state index contributed by atoms with van der Waals surface area (Å²) in [6.07, 6.45) is 2.28. The molecule has 1 aliphatic rings. The first kappa shape index (κ1) is 7.03. The Hall–Kier alpha value is -0.0800. The molecule has 3 N–H and O–H groups in total. The lowest BCUT2D eigenvalue weighted by Gasteiger charge is -2.15. The quantitative estimate of drug-likeness (QED) is 0.536. The van der Waals surface area contributed by atoms with Crippen molar-refractivity contribution in [1.29, 1.82) is 0 Å². The van der Waals surface area contributed by atoms with Gasteiger partial charge in [-0.1, -0.05) is 6.92 Å². The lowest BCUT2D eigenvalue weighted by molar-refractivity contribution is 0.190. The number of rotatable bonds is 1. The van der Waals surface area contributed by atoms with Crippen LogP contribution in [0.2, 0.25) is 0 Å². The van der Waals surface area contributed by atoms with Crippen molar-refractivity contribution >= 4 is 0 Å². The van der Waals surface area contributed by atoms with Crippen LogP contribution in [0, 0.1) is 11.8 Å². The van der Waals surface area contributed by atoms with Crippen LogP contribution in [-0.4, -0.2) is 17.8 Å². The van der Waals surface area contributed by atoms with Crippen molar-refractivity contribution in [3.05, 3.63) is 0 Å². The van der Waals surface area contributed by atoms with Gasteiger partial charge in [-0.3, -0.25) is 0 Å². The predicted octanol–water partition coefficient (Wildman–Crippen LogP) is 0.352. The van der Waals surface area contributed by atoms with Crippen LogP contribution in [0.4, 0.5) is 0 Å². The highest BCUT2D eigenvalue weighted by atomic mass is 16.3. The summed E-state index contributed by atoms with van der Waals surface area (Å²) in [5.41, 5.74) is 5.72. The van der Waals surface area contributed by atoms with E-state index in [1.165, 1.54) is 6.42 Å². The van der Waals surface area contributed by atoms with Gasteiger partial charge in [-0.05, 0) is 24.7 Å². The van der Waals surface area contributed by atoms with Gasteiger partial charge in [-0.2, -0.15) is 0 Å². The van der Waals surface area contributed by atoms with Crippen LogP contribution >= 0.6 is 0 Å². The first-order valence-electron chi connectivity index (χ1n) is 3.62. The maximum Gasteiger partial charge on any atom is 0.0476 e. The van der Waals surface area contributed by atoms with E-state index in [2.05, 4.69) is 6.92 Å². The standard InChI is InChI=1S/C7H15NO/c1-5-2-3-7(8)6(5)4-9/h5-7,9H,2-4,8H2,1H3/t5-,6+,7+/m1/s1. The normalized spacial score (nSPS) is 43.7. The van der Waals surface area contributed by atoms with Gasteiger partial charge in [-0.15, -0.1) is 0 Å². The number of aliphatic hydroxyl groups is 1. The van der Waals surface area contributed by atoms with Gasteiger partial charge >= 0.3 is 0 Å². The zero-order valence-electron chi connectivity index (χ0n) is 5.88. The molecular formula is C7H15NO. The molecule has 0 radical (unpaired) electrons. The molecule has 3 atom stereocenters. The molecule has 0 aromatic heterocycles. The Bertz CT molecular complexity index is 84.9. The summed E-state index contributed by atoms with van der Waals surface area (Å²) in [7, 11) is 0. The topological polar surface area (TPSA) is 46.2 Å². The Morgan fingerprint density at radius 2 is 2.22 bits per heavy atom.